The number of rotatable bonds is 6. The minimum Gasteiger partial charge on any atom is -0.336 e. The molecule has 0 aliphatic rings. The van der Waals surface area contributed by atoms with Crippen LogP contribution in [0, 0.1) is 11.7 Å². The molecule has 1 N–H and O–H groups in total. The molecule has 3 nitrogen and oxygen atoms in total. The molecule has 0 spiro atoms. The fourth-order valence-corrected chi connectivity index (χ4v) is 2.22. The third-order valence-corrected chi connectivity index (χ3v) is 3.38. The van der Waals surface area contributed by atoms with E-state index in [-0.39, 0.29) is 36.1 Å². The van der Waals surface area contributed by atoms with Gasteiger partial charge in [0.05, 0.1) is 6.04 Å². The number of carbonyl (C=O) groups is 1. The summed E-state index contributed by atoms with van der Waals surface area (Å²) >= 11 is 0. The summed E-state index contributed by atoms with van der Waals surface area (Å²) in [5, 5.41) is 3.02. The van der Waals surface area contributed by atoms with E-state index >= 15 is 0 Å². The van der Waals surface area contributed by atoms with Crippen molar-refractivity contribution < 1.29 is 9.18 Å². The van der Waals surface area contributed by atoms with Crippen LogP contribution in [0.15, 0.2) is 24.3 Å². The van der Waals surface area contributed by atoms with Crippen LogP contribution in [0.3, 0.4) is 0 Å². The van der Waals surface area contributed by atoms with Crippen molar-refractivity contribution in [3.63, 3.8) is 0 Å². The highest BCUT2D eigenvalue weighted by Gasteiger charge is 2.24. The predicted molar refractivity (Wildman–Crippen MR) is 82.5 cm³/mol. The van der Waals surface area contributed by atoms with Gasteiger partial charge in [-0.1, -0.05) is 19.1 Å². The molecule has 0 saturated carbocycles. The molecule has 0 radical (unpaired) electrons. The van der Waals surface area contributed by atoms with Gasteiger partial charge in [0.15, 0.2) is 0 Å². The smallest absolute Gasteiger partial charge is 0.227 e. The van der Waals surface area contributed by atoms with Crippen LogP contribution in [0.2, 0.25) is 0 Å². The van der Waals surface area contributed by atoms with Crippen LogP contribution < -0.4 is 5.32 Å². The van der Waals surface area contributed by atoms with E-state index in [4.69, 9.17) is 0 Å². The lowest BCUT2D eigenvalue weighted by Gasteiger charge is -2.31. The molecule has 5 heteroatoms. The highest BCUT2D eigenvalue weighted by molar-refractivity contribution is 5.85. The van der Waals surface area contributed by atoms with Crippen LogP contribution in [0.25, 0.3) is 0 Å². The number of benzene rings is 1. The average molecular weight is 303 g/mol. The largest absolute Gasteiger partial charge is 0.336 e. The Kier molecular flexibility index (Phi) is 8.42. The standard InChI is InChI=1S/C15H23FN2O.ClH/c1-5-18(15(19)11(2)10-17-4)12(3)13-6-8-14(16)9-7-13;/h6-9,11-12,17H,5,10H2,1-4H3;1H. The zero-order chi connectivity index (χ0) is 14.4. The van der Waals surface area contributed by atoms with Gasteiger partial charge >= 0.3 is 0 Å². The highest BCUT2D eigenvalue weighted by Crippen LogP contribution is 2.22. The molecule has 0 heterocycles. The van der Waals surface area contributed by atoms with E-state index in [9.17, 15) is 9.18 Å². The van der Waals surface area contributed by atoms with Crippen LogP contribution in [0.5, 0.6) is 0 Å². The maximum absolute atomic E-state index is 12.9. The van der Waals surface area contributed by atoms with Gasteiger partial charge in [0.2, 0.25) is 5.91 Å². The fraction of sp³-hybridized carbons (Fsp3) is 0.533. The van der Waals surface area contributed by atoms with E-state index in [1.54, 1.807) is 12.1 Å². The van der Waals surface area contributed by atoms with E-state index < -0.39 is 0 Å². The van der Waals surface area contributed by atoms with E-state index in [1.165, 1.54) is 12.1 Å². The molecule has 1 rings (SSSR count). The number of carbonyl (C=O) groups excluding carboxylic acids is 1. The molecule has 0 aliphatic carbocycles. The second-order valence-electron chi connectivity index (χ2n) is 4.81. The second-order valence-corrected chi connectivity index (χ2v) is 4.81. The van der Waals surface area contributed by atoms with Crippen molar-refractivity contribution in [2.24, 2.45) is 5.92 Å². The third-order valence-electron chi connectivity index (χ3n) is 3.38. The second kappa shape index (κ2) is 8.93. The molecule has 1 amide bonds. The van der Waals surface area contributed by atoms with E-state index in [0.717, 1.165) is 5.56 Å². The molecule has 114 valence electrons. The quantitative estimate of drug-likeness (QED) is 0.876. The topological polar surface area (TPSA) is 32.3 Å². The lowest BCUT2D eigenvalue weighted by molar-refractivity contribution is -0.136. The van der Waals surface area contributed by atoms with Crippen molar-refractivity contribution in [2.45, 2.75) is 26.8 Å². The number of nitrogens with zero attached hydrogens (tertiary/aromatic N) is 1. The fourth-order valence-electron chi connectivity index (χ4n) is 2.22. The summed E-state index contributed by atoms with van der Waals surface area (Å²) < 4.78 is 12.9. The van der Waals surface area contributed by atoms with Gasteiger partial charge in [-0.05, 0) is 38.6 Å². The van der Waals surface area contributed by atoms with Gasteiger partial charge in [-0.25, -0.2) is 4.39 Å². The van der Waals surface area contributed by atoms with Crippen molar-refractivity contribution in [1.29, 1.82) is 0 Å². The van der Waals surface area contributed by atoms with Gasteiger partial charge in [0.1, 0.15) is 5.82 Å². The van der Waals surface area contributed by atoms with Crippen molar-refractivity contribution >= 4 is 18.3 Å². The number of halogens is 2. The maximum atomic E-state index is 12.9. The first-order valence-corrected chi connectivity index (χ1v) is 6.71. The van der Waals surface area contributed by atoms with Crippen LogP contribution in [-0.4, -0.2) is 30.9 Å². The van der Waals surface area contributed by atoms with Gasteiger partial charge in [0, 0.05) is 19.0 Å². The number of hydrogen-bond donors (Lipinski definition) is 1. The summed E-state index contributed by atoms with van der Waals surface area (Å²) in [6.45, 7) is 7.15. The summed E-state index contributed by atoms with van der Waals surface area (Å²) in [6, 6.07) is 6.29. The van der Waals surface area contributed by atoms with Crippen LogP contribution in [0.1, 0.15) is 32.4 Å². The molecule has 1 aromatic rings. The first-order valence-electron chi connectivity index (χ1n) is 6.71. The Bertz CT molecular complexity index is 411. The van der Waals surface area contributed by atoms with E-state index in [2.05, 4.69) is 5.32 Å². The minimum absolute atomic E-state index is 0. The highest BCUT2D eigenvalue weighted by atomic mass is 35.5. The molecule has 20 heavy (non-hydrogen) atoms. The number of amides is 1. The zero-order valence-corrected chi connectivity index (χ0v) is 13.3. The first kappa shape index (κ1) is 18.9. The van der Waals surface area contributed by atoms with E-state index in [1.807, 2.05) is 32.7 Å². The number of hydrogen-bond acceptors (Lipinski definition) is 2. The molecule has 1 aromatic carbocycles. The Labute approximate surface area is 127 Å². The zero-order valence-electron chi connectivity index (χ0n) is 12.5. The molecule has 0 bridgehead atoms. The van der Waals surface area contributed by atoms with Gasteiger partial charge in [-0.2, -0.15) is 0 Å². The third kappa shape index (κ3) is 4.76. The monoisotopic (exact) mass is 302 g/mol. The van der Waals surface area contributed by atoms with Crippen LogP contribution >= 0.6 is 12.4 Å². The Morgan fingerprint density at radius 1 is 1.30 bits per heavy atom. The number of nitrogens with one attached hydrogen (secondary N) is 1. The van der Waals surface area contributed by atoms with Gasteiger partial charge in [-0.15, -0.1) is 12.4 Å². The summed E-state index contributed by atoms with van der Waals surface area (Å²) in [5.74, 6) is -0.199. The van der Waals surface area contributed by atoms with Crippen LogP contribution in [-0.2, 0) is 4.79 Å². The molecule has 2 unspecified atom stereocenters. The SMILES string of the molecule is CCN(C(=O)C(C)CNC)C(C)c1ccc(F)cc1.Cl. The van der Waals surface area contributed by atoms with Crippen molar-refractivity contribution in [2.75, 3.05) is 20.1 Å². The predicted octanol–water partition coefficient (Wildman–Crippen LogP) is 3.01. The van der Waals surface area contributed by atoms with E-state index in [0.29, 0.717) is 13.1 Å². The van der Waals surface area contributed by atoms with Gasteiger partial charge in [-0.3, -0.25) is 4.79 Å². The van der Waals surface area contributed by atoms with Crippen molar-refractivity contribution in [3.8, 4) is 0 Å². The summed E-state index contributed by atoms with van der Waals surface area (Å²) in [4.78, 5) is 14.2. The Morgan fingerprint density at radius 2 is 1.85 bits per heavy atom. The Morgan fingerprint density at radius 3 is 2.30 bits per heavy atom. The lowest BCUT2D eigenvalue weighted by atomic mass is 10.0. The molecule has 0 aromatic heterocycles. The van der Waals surface area contributed by atoms with Gasteiger partial charge in [0.25, 0.3) is 0 Å². The molecule has 0 aliphatic heterocycles. The molecule has 0 fully saturated rings. The van der Waals surface area contributed by atoms with Crippen molar-refractivity contribution in [3.05, 3.63) is 35.6 Å². The van der Waals surface area contributed by atoms with Crippen molar-refractivity contribution in [1.82, 2.24) is 10.2 Å². The Hall–Kier alpha value is -1.13. The Balaban J connectivity index is 0.00000361. The minimum atomic E-state index is -0.256. The molecular formula is C15H24ClFN2O. The lowest BCUT2D eigenvalue weighted by Crippen LogP contribution is -2.40. The molecular weight excluding hydrogens is 279 g/mol. The summed E-state index contributed by atoms with van der Waals surface area (Å²) in [6.07, 6.45) is 0. The summed E-state index contributed by atoms with van der Waals surface area (Å²) in [7, 11) is 1.84. The van der Waals surface area contributed by atoms with Gasteiger partial charge < -0.3 is 10.2 Å². The first-order chi connectivity index (χ1) is 9.01. The molecule has 2 atom stereocenters. The average Bonchev–Trinajstić information content (AvgIpc) is 2.40. The molecule has 0 saturated heterocycles. The van der Waals surface area contributed by atoms with Crippen LogP contribution in [0.4, 0.5) is 4.39 Å². The summed E-state index contributed by atoms with van der Waals surface area (Å²) in [5.41, 5.74) is 0.952. The normalized spacial score (nSPS) is 13.2. The maximum Gasteiger partial charge on any atom is 0.227 e.